The minimum Gasteiger partial charge on any atom is -0.411 e. The van der Waals surface area contributed by atoms with Crippen LogP contribution in [0.1, 0.15) is 50.1 Å². The SMILES string of the molecule is CCCCS(=O)(=O)N1CCC[C@H]1c1nnc(S(=O)(=O)Cc2ccccc2)o1. The highest BCUT2D eigenvalue weighted by atomic mass is 32.2. The summed E-state index contributed by atoms with van der Waals surface area (Å²) in [5, 5.41) is 7.06. The van der Waals surface area contributed by atoms with Crippen molar-refractivity contribution in [3.05, 3.63) is 41.8 Å². The van der Waals surface area contributed by atoms with E-state index in [-0.39, 0.29) is 17.4 Å². The first-order chi connectivity index (χ1) is 12.8. The fourth-order valence-electron chi connectivity index (χ4n) is 3.10. The smallest absolute Gasteiger partial charge is 0.335 e. The number of sulfonamides is 1. The zero-order valence-corrected chi connectivity index (χ0v) is 16.7. The topological polar surface area (TPSA) is 110 Å². The van der Waals surface area contributed by atoms with Gasteiger partial charge in [-0.2, -0.15) is 4.31 Å². The summed E-state index contributed by atoms with van der Waals surface area (Å²) in [5.74, 6) is -0.148. The minimum atomic E-state index is -3.80. The molecule has 0 radical (unpaired) electrons. The quantitative estimate of drug-likeness (QED) is 0.653. The van der Waals surface area contributed by atoms with E-state index in [2.05, 4.69) is 10.2 Å². The number of rotatable bonds is 8. The summed E-state index contributed by atoms with van der Waals surface area (Å²) < 4.78 is 56.9. The number of unbranched alkanes of at least 4 members (excludes halogenated alkanes) is 1. The Bertz CT molecular complexity index is 971. The normalized spacial score (nSPS) is 18.8. The molecule has 27 heavy (non-hydrogen) atoms. The van der Waals surface area contributed by atoms with Crippen molar-refractivity contribution >= 4 is 19.9 Å². The van der Waals surface area contributed by atoms with Crippen LogP contribution in [0.4, 0.5) is 0 Å². The van der Waals surface area contributed by atoms with Crippen molar-refractivity contribution in [1.29, 1.82) is 0 Å². The molecular weight excluding hydrogens is 390 g/mol. The van der Waals surface area contributed by atoms with E-state index < -0.39 is 31.1 Å². The third kappa shape index (κ3) is 4.56. The molecule has 1 saturated heterocycles. The number of aromatic nitrogens is 2. The van der Waals surface area contributed by atoms with Crippen LogP contribution in [0.15, 0.2) is 40.0 Å². The van der Waals surface area contributed by atoms with E-state index in [1.807, 2.05) is 6.92 Å². The van der Waals surface area contributed by atoms with E-state index in [9.17, 15) is 16.8 Å². The molecule has 1 fully saturated rings. The van der Waals surface area contributed by atoms with E-state index >= 15 is 0 Å². The van der Waals surface area contributed by atoms with Gasteiger partial charge < -0.3 is 4.42 Å². The Hall–Kier alpha value is -1.78. The summed E-state index contributed by atoms with van der Waals surface area (Å²) in [4.78, 5) is 0. The van der Waals surface area contributed by atoms with E-state index in [0.717, 1.165) is 6.42 Å². The van der Waals surface area contributed by atoms with Gasteiger partial charge in [-0.1, -0.05) is 48.8 Å². The third-order valence-corrected chi connectivity index (χ3v) is 7.86. The van der Waals surface area contributed by atoms with E-state index in [1.165, 1.54) is 4.31 Å². The highest BCUT2D eigenvalue weighted by Crippen LogP contribution is 2.34. The van der Waals surface area contributed by atoms with Gasteiger partial charge in [-0.15, -0.1) is 5.10 Å². The van der Waals surface area contributed by atoms with Crippen molar-refractivity contribution in [1.82, 2.24) is 14.5 Å². The van der Waals surface area contributed by atoms with Crippen molar-refractivity contribution in [3.8, 4) is 0 Å². The molecule has 1 aromatic carbocycles. The summed E-state index contributed by atoms with van der Waals surface area (Å²) in [6.07, 6.45) is 2.56. The number of benzene rings is 1. The molecule has 0 unspecified atom stereocenters. The Morgan fingerprint density at radius 2 is 1.89 bits per heavy atom. The fourth-order valence-corrected chi connectivity index (χ4v) is 6.11. The molecule has 148 valence electrons. The van der Waals surface area contributed by atoms with Crippen LogP contribution in [0.2, 0.25) is 0 Å². The first kappa shape index (κ1) is 20.0. The van der Waals surface area contributed by atoms with Gasteiger partial charge in [0.1, 0.15) is 6.04 Å². The number of hydrogen-bond acceptors (Lipinski definition) is 7. The molecule has 0 spiro atoms. The molecule has 3 rings (SSSR count). The van der Waals surface area contributed by atoms with Gasteiger partial charge in [-0.05, 0) is 24.8 Å². The Morgan fingerprint density at radius 1 is 1.15 bits per heavy atom. The van der Waals surface area contributed by atoms with Gasteiger partial charge in [0.15, 0.2) is 0 Å². The van der Waals surface area contributed by atoms with Crippen LogP contribution in [0.3, 0.4) is 0 Å². The van der Waals surface area contributed by atoms with Gasteiger partial charge in [-0.25, -0.2) is 16.8 Å². The Morgan fingerprint density at radius 3 is 2.59 bits per heavy atom. The van der Waals surface area contributed by atoms with Gasteiger partial charge in [0.2, 0.25) is 25.8 Å². The van der Waals surface area contributed by atoms with Gasteiger partial charge in [0.05, 0.1) is 11.5 Å². The molecule has 1 atom stereocenters. The minimum absolute atomic E-state index is 0.0409. The van der Waals surface area contributed by atoms with Crippen LogP contribution in [-0.2, 0) is 25.6 Å². The molecule has 10 heteroatoms. The predicted molar refractivity (Wildman–Crippen MR) is 99.0 cm³/mol. The first-order valence-corrected chi connectivity index (χ1v) is 12.2. The van der Waals surface area contributed by atoms with Crippen LogP contribution in [0.25, 0.3) is 0 Å². The van der Waals surface area contributed by atoms with Crippen LogP contribution in [0, 0.1) is 0 Å². The maximum Gasteiger partial charge on any atom is 0.335 e. The van der Waals surface area contributed by atoms with Gasteiger partial charge in [-0.3, -0.25) is 0 Å². The molecule has 1 aromatic heterocycles. The second kappa shape index (κ2) is 8.07. The molecule has 2 heterocycles. The molecule has 1 aliphatic rings. The highest BCUT2D eigenvalue weighted by Gasteiger charge is 2.38. The lowest BCUT2D eigenvalue weighted by atomic mass is 10.2. The van der Waals surface area contributed by atoms with Crippen LogP contribution >= 0.6 is 0 Å². The highest BCUT2D eigenvalue weighted by molar-refractivity contribution is 7.90. The Labute approximate surface area is 159 Å². The zero-order chi connectivity index (χ0) is 19.5. The van der Waals surface area contributed by atoms with Gasteiger partial charge in [0.25, 0.3) is 0 Å². The monoisotopic (exact) mass is 413 g/mol. The maximum atomic E-state index is 12.5. The van der Waals surface area contributed by atoms with Crippen molar-refractivity contribution in [2.24, 2.45) is 0 Å². The van der Waals surface area contributed by atoms with Crippen molar-refractivity contribution < 1.29 is 21.3 Å². The number of sulfone groups is 1. The Kier molecular flexibility index (Phi) is 5.97. The van der Waals surface area contributed by atoms with E-state index in [4.69, 9.17) is 4.42 Å². The van der Waals surface area contributed by atoms with E-state index in [1.54, 1.807) is 30.3 Å². The number of nitrogens with zero attached hydrogens (tertiary/aromatic N) is 3. The zero-order valence-electron chi connectivity index (χ0n) is 15.1. The summed E-state index contributed by atoms with van der Waals surface area (Å²) >= 11 is 0. The van der Waals surface area contributed by atoms with Crippen LogP contribution in [0.5, 0.6) is 0 Å². The lowest BCUT2D eigenvalue weighted by molar-refractivity contribution is 0.303. The van der Waals surface area contributed by atoms with E-state index in [0.29, 0.717) is 31.4 Å². The van der Waals surface area contributed by atoms with Crippen molar-refractivity contribution in [2.45, 2.75) is 49.6 Å². The van der Waals surface area contributed by atoms with Crippen LogP contribution < -0.4 is 0 Å². The summed E-state index contributed by atoms with van der Waals surface area (Å²) in [6.45, 7) is 2.31. The summed E-state index contributed by atoms with van der Waals surface area (Å²) in [6, 6.07) is 8.11. The molecule has 0 saturated carbocycles. The van der Waals surface area contributed by atoms with Gasteiger partial charge >= 0.3 is 5.22 Å². The maximum absolute atomic E-state index is 12.5. The molecule has 0 bridgehead atoms. The molecule has 2 aromatic rings. The second-order valence-electron chi connectivity index (χ2n) is 6.59. The molecule has 0 amide bonds. The molecule has 1 aliphatic heterocycles. The second-order valence-corrected chi connectivity index (χ2v) is 10.5. The largest absolute Gasteiger partial charge is 0.411 e. The number of hydrogen-bond donors (Lipinski definition) is 0. The predicted octanol–water partition coefficient (Wildman–Crippen LogP) is 2.31. The average molecular weight is 414 g/mol. The summed E-state index contributed by atoms with van der Waals surface area (Å²) in [5.41, 5.74) is 0.613. The van der Waals surface area contributed by atoms with Crippen molar-refractivity contribution in [2.75, 3.05) is 12.3 Å². The third-order valence-electron chi connectivity index (χ3n) is 4.49. The first-order valence-electron chi connectivity index (χ1n) is 8.93. The average Bonchev–Trinajstić information content (AvgIpc) is 3.30. The fraction of sp³-hybridized carbons (Fsp3) is 0.529. The Balaban J connectivity index is 1.80. The molecule has 8 nitrogen and oxygen atoms in total. The lowest BCUT2D eigenvalue weighted by Gasteiger charge is -2.21. The lowest BCUT2D eigenvalue weighted by Crippen LogP contribution is -2.32. The summed E-state index contributed by atoms with van der Waals surface area (Å²) in [7, 11) is -7.24. The van der Waals surface area contributed by atoms with Gasteiger partial charge in [0, 0.05) is 6.54 Å². The standard InChI is InChI=1S/C17H23N3O5S2/c1-2-3-12-27(23,24)20-11-7-10-15(20)16-18-19-17(25-16)26(21,22)13-14-8-5-4-6-9-14/h4-6,8-9,15H,2-3,7,10-13H2,1H3/t15-/m0/s1. The molecular formula is C17H23N3O5S2. The van der Waals surface area contributed by atoms with Crippen LogP contribution in [-0.4, -0.2) is 43.6 Å². The molecule has 0 N–H and O–H groups in total. The van der Waals surface area contributed by atoms with Crippen molar-refractivity contribution in [3.63, 3.8) is 0 Å². The molecule has 0 aliphatic carbocycles.